The second-order valence-corrected chi connectivity index (χ2v) is 6.11. The molecule has 7 nitrogen and oxygen atoms in total. The largest absolute Gasteiger partial charge is 0.401 e. The summed E-state index contributed by atoms with van der Waals surface area (Å²) in [6.07, 6.45) is -0.742. The third-order valence-corrected chi connectivity index (χ3v) is 3.94. The Morgan fingerprint density at radius 2 is 1.85 bits per heavy atom. The molecule has 1 saturated heterocycles. The van der Waals surface area contributed by atoms with Gasteiger partial charge in [0.1, 0.15) is 0 Å². The highest BCUT2D eigenvalue weighted by Crippen LogP contribution is 2.15. The average Bonchev–Trinajstić information content (AvgIpc) is 2.60. The van der Waals surface area contributed by atoms with E-state index >= 15 is 0 Å². The molecular formula is C16H27F3IN7. The number of alkyl halides is 3. The first-order valence-corrected chi connectivity index (χ1v) is 8.69. The zero-order valence-corrected chi connectivity index (χ0v) is 17.9. The van der Waals surface area contributed by atoms with E-state index in [0.29, 0.717) is 19.0 Å². The van der Waals surface area contributed by atoms with Crippen molar-refractivity contribution in [3.63, 3.8) is 0 Å². The maximum atomic E-state index is 12.4. The molecule has 0 aliphatic carbocycles. The van der Waals surface area contributed by atoms with Gasteiger partial charge in [-0.1, -0.05) is 0 Å². The number of guanidine groups is 1. The van der Waals surface area contributed by atoms with Gasteiger partial charge in [0, 0.05) is 51.7 Å². The van der Waals surface area contributed by atoms with Gasteiger partial charge in [-0.25, -0.2) is 9.97 Å². The molecule has 0 unspecified atom stereocenters. The number of piperazine rings is 1. The molecule has 11 heteroatoms. The molecule has 1 fully saturated rings. The molecule has 0 aromatic carbocycles. The van der Waals surface area contributed by atoms with Gasteiger partial charge in [0.25, 0.3) is 0 Å². The minimum absolute atomic E-state index is 0. The van der Waals surface area contributed by atoms with Crippen LogP contribution in [0.4, 0.5) is 19.1 Å². The second-order valence-electron chi connectivity index (χ2n) is 6.11. The van der Waals surface area contributed by atoms with Crippen LogP contribution in [0.3, 0.4) is 0 Å². The lowest BCUT2D eigenvalue weighted by Gasteiger charge is -2.36. The predicted octanol–water partition coefficient (Wildman–Crippen LogP) is 1.68. The number of nitrogens with one attached hydrogen (secondary N) is 1. The highest BCUT2D eigenvalue weighted by molar-refractivity contribution is 14.0. The van der Waals surface area contributed by atoms with Gasteiger partial charge in [-0.3, -0.25) is 9.89 Å². The lowest BCUT2D eigenvalue weighted by Crippen LogP contribution is -2.53. The molecule has 2 rings (SSSR count). The van der Waals surface area contributed by atoms with Crippen molar-refractivity contribution in [2.24, 2.45) is 4.99 Å². The third kappa shape index (κ3) is 8.45. The predicted molar refractivity (Wildman–Crippen MR) is 111 cm³/mol. The van der Waals surface area contributed by atoms with Crippen LogP contribution >= 0.6 is 24.0 Å². The van der Waals surface area contributed by atoms with E-state index in [1.807, 2.05) is 6.92 Å². The van der Waals surface area contributed by atoms with Crippen LogP contribution in [0.1, 0.15) is 6.92 Å². The molecule has 1 N–H and O–H groups in total. The summed E-state index contributed by atoms with van der Waals surface area (Å²) in [7, 11) is 1.45. The molecule has 1 aromatic rings. The van der Waals surface area contributed by atoms with Crippen molar-refractivity contribution in [3.8, 4) is 0 Å². The smallest absolute Gasteiger partial charge is 0.357 e. The molecule has 2 heterocycles. The number of aromatic nitrogens is 2. The van der Waals surface area contributed by atoms with E-state index in [0.717, 1.165) is 32.1 Å². The number of likely N-dealkylation sites (N-methyl/N-ethyl adjacent to an activating group) is 1. The maximum Gasteiger partial charge on any atom is 0.401 e. The molecule has 154 valence electrons. The molecule has 0 amide bonds. The lowest BCUT2D eigenvalue weighted by atomic mass is 10.3. The van der Waals surface area contributed by atoms with Crippen LogP contribution in [0.2, 0.25) is 0 Å². The molecule has 0 spiro atoms. The number of halogens is 4. The molecule has 27 heavy (non-hydrogen) atoms. The minimum atomic E-state index is -4.18. The van der Waals surface area contributed by atoms with E-state index in [1.165, 1.54) is 11.9 Å². The van der Waals surface area contributed by atoms with Crippen molar-refractivity contribution in [1.29, 1.82) is 0 Å². The first-order chi connectivity index (χ1) is 12.4. The Hall–Kier alpha value is -1.37. The summed E-state index contributed by atoms with van der Waals surface area (Å²) in [5, 5.41) is 3.21. The molecule has 0 atom stereocenters. The van der Waals surface area contributed by atoms with Crippen LogP contribution in [-0.2, 0) is 0 Å². The van der Waals surface area contributed by atoms with Gasteiger partial charge in [-0.2, -0.15) is 13.2 Å². The fourth-order valence-electron chi connectivity index (χ4n) is 2.71. The van der Waals surface area contributed by atoms with Crippen LogP contribution < -0.4 is 10.2 Å². The van der Waals surface area contributed by atoms with E-state index < -0.39 is 12.7 Å². The zero-order valence-electron chi connectivity index (χ0n) is 15.6. The fraction of sp³-hybridized carbons (Fsp3) is 0.688. The van der Waals surface area contributed by atoms with Crippen LogP contribution in [-0.4, -0.2) is 91.3 Å². The summed E-state index contributed by atoms with van der Waals surface area (Å²) in [6, 6.07) is 1.78. The normalized spacial score (nSPS) is 15.7. The zero-order chi connectivity index (χ0) is 19.0. The van der Waals surface area contributed by atoms with Crippen LogP contribution in [0.15, 0.2) is 23.5 Å². The number of hydrogen-bond donors (Lipinski definition) is 1. The van der Waals surface area contributed by atoms with Gasteiger partial charge in [0.05, 0.1) is 13.1 Å². The van der Waals surface area contributed by atoms with Crippen molar-refractivity contribution in [2.75, 3.05) is 64.3 Å². The Kier molecular flexibility index (Phi) is 10.1. The summed E-state index contributed by atoms with van der Waals surface area (Å²) in [5.74, 6) is 1.45. The van der Waals surface area contributed by atoms with Crippen molar-refractivity contribution >= 4 is 35.9 Å². The number of hydrogen-bond acceptors (Lipinski definition) is 5. The first kappa shape index (κ1) is 23.7. The van der Waals surface area contributed by atoms with Gasteiger partial charge in [0.15, 0.2) is 5.96 Å². The van der Waals surface area contributed by atoms with Crippen LogP contribution in [0, 0.1) is 0 Å². The van der Waals surface area contributed by atoms with Gasteiger partial charge in [-0.15, -0.1) is 24.0 Å². The number of nitrogens with zero attached hydrogens (tertiary/aromatic N) is 6. The summed E-state index contributed by atoms with van der Waals surface area (Å²) >= 11 is 0. The molecule has 0 radical (unpaired) electrons. The van der Waals surface area contributed by atoms with Crippen molar-refractivity contribution in [3.05, 3.63) is 18.5 Å². The molecule has 0 saturated carbocycles. The van der Waals surface area contributed by atoms with E-state index in [-0.39, 0.29) is 30.5 Å². The number of anilines is 1. The molecule has 1 aromatic heterocycles. The standard InChI is InChI=1S/C16H26F3N7.HI/c1-3-20-14(23-7-8-24(2)13-16(17,18)19)25-9-11-26(12-10-25)15-21-5-4-6-22-15;/h4-6H,3,7-13H2,1-2H3,(H,20,23);1H. The monoisotopic (exact) mass is 501 g/mol. The highest BCUT2D eigenvalue weighted by Gasteiger charge is 2.29. The fourth-order valence-corrected chi connectivity index (χ4v) is 2.71. The SMILES string of the molecule is CCNC(=NCCN(C)CC(F)(F)F)N1CCN(c2ncccn2)CC1.I. The Morgan fingerprint density at radius 1 is 1.22 bits per heavy atom. The van der Waals surface area contributed by atoms with E-state index in [1.54, 1.807) is 18.5 Å². The van der Waals surface area contributed by atoms with E-state index in [9.17, 15) is 13.2 Å². The van der Waals surface area contributed by atoms with Gasteiger partial charge < -0.3 is 15.1 Å². The van der Waals surface area contributed by atoms with Gasteiger partial charge in [0.2, 0.25) is 5.95 Å². The molecule has 1 aliphatic rings. The summed E-state index contributed by atoms with van der Waals surface area (Å²) < 4.78 is 37.1. The van der Waals surface area contributed by atoms with Crippen LogP contribution in [0.5, 0.6) is 0 Å². The molecule has 0 bridgehead atoms. The Balaban J connectivity index is 0.00000364. The minimum Gasteiger partial charge on any atom is -0.357 e. The Bertz CT molecular complexity index is 563. The van der Waals surface area contributed by atoms with Crippen LogP contribution in [0.25, 0.3) is 0 Å². The molecular weight excluding hydrogens is 474 g/mol. The van der Waals surface area contributed by atoms with Gasteiger partial charge >= 0.3 is 6.18 Å². The van der Waals surface area contributed by atoms with Crippen molar-refractivity contribution < 1.29 is 13.2 Å². The Morgan fingerprint density at radius 3 is 2.41 bits per heavy atom. The second kappa shape index (κ2) is 11.5. The van der Waals surface area contributed by atoms with E-state index in [2.05, 4.69) is 30.1 Å². The number of rotatable bonds is 6. The lowest BCUT2D eigenvalue weighted by molar-refractivity contribution is -0.142. The maximum absolute atomic E-state index is 12.4. The summed E-state index contributed by atoms with van der Waals surface area (Å²) in [5.41, 5.74) is 0. The Labute approximate surface area is 175 Å². The quantitative estimate of drug-likeness (QED) is 0.364. The third-order valence-electron chi connectivity index (χ3n) is 3.94. The average molecular weight is 501 g/mol. The van der Waals surface area contributed by atoms with Crippen molar-refractivity contribution in [2.45, 2.75) is 13.1 Å². The molecule has 1 aliphatic heterocycles. The van der Waals surface area contributed by atoms with Gasteiger partial charge in [-0.05, 0) is 20.0 Å². The van der Waals surface area contributed by atoms with Crippen molar-refractivity contribution in [1.82, 2.24) is 25.1 Å². The topological polar surface area (TPSA) is 59.9 Å². The van der Waals surface area contributed by atoms with E-state index in [4.69, 9.17) is 0 Å². The highest BCUT2D eigenvalue weighted by atomic mass is 127. The first-order valence-electron chi connectivity index (χ1n) is 8.69. The summed E-state index contributed by atoms with van der Waals surface area (Å²) in [4.78, 5) is 18.5. The number of aliphatic imine (C=N–C) groups is 1. The summed E-state index contributed by atoms with van der Waals surface area (Å²) in [6.45, 7) is 5.37.